The van der Waals surface area contributed by atoms with Crippen LogP contribution in [0.15, 0.2) is 47.4 Å². The molecule has 3 rings (SSSR count). The van der Waals surface area contributed by atoms with Crippen LogP contribution in [-0.2, 0) is 10.0 Å². The number of benzene rings is 2. The van der Waals surface area contributed by atoms with Crippen LogP contribution in [0.2, 0.25) is 0 Å². The Hall–Kier alpha value is -2.38. The van der Waals surface area contributed by atoms with Gasteiger partial charge in [-0.25, -0.2) is 12.7 Å². The lowest BCUT2D eigenvalue weighted by molar-refractivity contribution is 0.0924. The third kappa shape index (κ3) is 3.45. The van der Waals surface area contributed by atoms with Gasteiger partial charge in [0.05, 0.1) is 17.5 Å². The highest BCUT2D eigenvalue weighted by Gasteiger charge is 2.25. The molecule has 0 fully saturated rings. The molecule has 1 atom stereocenters. The topological polar surface area (TPSA) is 75.7 Å². The smallest absolute Gasteiger partial charge is 0.252 e. The normalized spacial score (nSPS) is 16.7. The van der Waals surface area contributed by atoms with Crippen LogP contribution in [-0.4, -0.2) is 39.3 Å². The van der Waals surface area contributed by atoms with Gasteiger partial charge in [-0.05, 0) is 30.7 Å². The van der Waals surface area contributed by atoms with Crippen LogP contribution in [0.25, 0.3) is 0 Å². The Morgan fingerprint density at radius 2 is 1.92 bits per heavy atom. The second-order valence-corrected chi connectivity index (χ2v) is 8.62. The predicted molar refractivity (Wildman–Crippen MR) is 98.8 cm³/mol. The van der Waals surface area contributed by atoms with Crippen LogP contribution in [0.4, 0.5) is 0 Å². The quantitative estimate of drug-likeness (QED) is 0.892. The number of ether oxygens (including phenoxy) is 1. The van der Waals surface area contributed by atoms with Gasteiger partial charge in [0.1, 0.15) is 5.75 Å². The molecule has 1 heterocycles. The number of nitrogens with zero attached hydrogens (tertiary/aromatic N) is 1. The van der Waals surface area contributed by atoms with Crippen LogP contribution < -0.4 is 10.1 Å². The van der Waals surface area contributed by atoms with Gasteiger partial charge < -0.3 is 10.1 Å². The molecule has 0 saturated heterocycles. The van der Waals surface area contributed by atoms with Gasteiger partial charge in [-0.2, -0.15) is 0 Å². The van der Waals surface area contributed by atoms with Crippen molar-refractivity contribution in [2.75, 3.05) is 20.7 Å². The second-order valence-electron chi connectivity index (χ2n) is 6.47. The lowest BCUT2D eigenvalue weighted by Crippen LogP contribution is -2.32. The van der Waals surface area contributed by atoms with Crippen LogP contribution in [0, 0.1) is 6.92 Å². The molecule has 1 aliphatic rings. The average molecular weight is 374 g/mol. The number of nitrogens with one attached hydrogen (secondary N) is 1. The maximum absolute atomic E-state index is 12.8. The molecule has 26 heavy (non-hydrogen) atoms. The summed E-state index contributed by atoms with van der Waals surface area (Å²) in [4.78, 5) is 12.9. The third-order valence-electron chi connectivity index (χ3n) is 4.50. The van der Waals surface area contributed by atoms with Gasteiger partial charge >= 0.3 is 0 Å². The number of fused-ring (bicyclic) bond motifs is 1. The van der Waals surface area contributed by atoms with Crippen LogP contribution in [0.3, 0.4) is 0 Å². The van der Waals surface area contributed by atoms with Crippen molar-refractivity contribution < 1.29 is 17.9 Å². The summed E-state index contributed by atoms with van der Waals surface area (Å²) >= 11 is 0. The van der Waals surface area contributed by atoms with Crippen molar-refractivity contribution in [2.24, 2.45) is 0 Å². The van der Waals surface area contributed by atoms with E-state index in [0.29, 0.717) is 18.6 Å². The number of carbonyl (C=O) groups excluding carboxylic acids is 1. The van der Waals surface area contributed by atoms with Gasteiger partial charge in [0.2, 0.25) is 10.0 Å². The molecular weight excluding hydrogens is 352 g/mol. The average Bonchev–Trinajstić information content (AvgIpc) is 2.62. The van der Waals surface area contributed by atoms with E-state index in [2.05, 4.69) is 5.32 Å². The van der Waals surface area contributed by atoms with Gasteiger partial charge in [-0.1, -0.05) is 24.3 Å². The Bertz CT molecular complexity index is 938. The zero-order valence-electron chi connectivity index (χ0n) is 15.0. The Morgan fingerprint density at radius 3 is 2.65 bits per heavy atom. The summed E-state index contributed by atoms with van der Waals surface area (Å²) < 4.78 is 31.5. The molecular formula is C19H22N2O4S. The molecule has 7 heteroatoms. The first-order valence-electron chi connectivity index (χ1n) is 8.36. The van der Waals surface area contributed by atoms with E-state index in [1.165, 1.54) is 26.2 Å². The summed E-state index contributed by atoms with van der Waals surface area (Å²) in [5, 5.41) is 3.01. The van der Waals surface area contributed by atoms with E-state index in [0.717, 1.165) is 21.2 Å². The number of hydrogen-bond acceptors (Lipinski definition) is 4. The lowest BCUT2D eigenvalue weighted by Gasteiger charge is -2.27. The first-order chi connectivity index (χ1) is 12.3. The van der Waals surface area contributed by atoms with E-state index in [1.807, 2.05) is 24.3 Å². The molecule has 0 spiro atoms. The number of sulfonamides is 1. The minimum Gasteiger partial charge on any atom is -0.493 e. The van der Waals surface area contributed by atoms with Gasteiger partial charge in [0, 0.05) is 31.6 Å². The third-order valence-corrected chi connectivity index (χ3v) is 6.31. The van der Waals surface area contributed by atoms with E-state index >= 15 is 0 Å². The monoisotopic (exact) mass is 374 g/mol. The molecule has 1 aliphatic heterocycles. The molecule has 1 N–H and O–H groups in total. The van der Waals surface area contributed by atoms with Crippen LogP contribution in [0.1, 0.15) is 33.9 Å². The molecule has 2 aromatic rings. The fraction of sp³-hybridized carbons (Fsp3) is 0.316. The molecule has 0 radical (unpaired) electrons. The number of rotatable bonds is 4. The maximum Gasteiger partial charge on any atom is 0.252 e. The highest BCUT2D eigenvalue weighted by molar-refractivity contribution is 7.89. The molecule has 1 amide bonds. The second kappa shape index (κ2) is 7.09. The van der Waals surface area contributed by atoms with Gasteiger partial charge in [0.15, 0.2) is 0 Å². The Balaban J connectivity index is 1.90. The molecule has 0 bridgehead atoms. The molecule has 0 aliphatic carbocycles. The zero-order chi connectivity index (χ0) is 18.9. The van der Waals surface area contributed by atoms with E-state index < -0.39 is 10.0 Å². The number of hydrogen-bond donors (Lipinski definition) is 1. The zero-order valence-corrected chi connectivity index (χ0v) is 15.8. The van der Waals surface area contributed by atoms with Crippen LogP contribution >= 0.6 is 0 Å². The number of amides is 1. The summed E-state index contributed by atoms with van der Waals surface area (Å²) in [6.07, 6.45) is 0.664. The van der Waals surface area contributed by atoms with Crippen LogP contribution in [0.5, 0.6) is 5.75 Å². The van der Waals surface area contributed by atoms with E-state index in [1.54, 1.807) is 13.0 Å². The minimum absolute atomic E-state index is 0.102. The summed E-state index contributed by atoms with van der Waals surface area (Å²) in [6, 6.07) is 12.0. The summed E-state index contributed by atoms with van der Waals surface area (Å²) in [5.74, 6) is 0.477. The first kappa shape index (κ1) is 18.4. The SMILES string of the molecule is Cc1ccc(S(=O)(=O)N(C)C)cc1C(=O)N[C@@H]1CCOc2ccccc21. The van der Waals surface area contributed by atoms with Crippen molar-refractivity contribution in [2.45, 2.75) is 24.3 Å². The highest BCUT2D eigenvalue weighted by atomic mass is 32.2. The largest absolute Gasteiger partial charge is 0.493 e. The van der Waals surface area contributed by atoms with Crippen molar-refractivity contribution in [3.05, 3.63) is 59.2 Å². The lowest BCUT2D eigenvalue weighted by atomic mass is 9.99. The molecule has 138 valence electrons. The molecule has 0 aromatic heterocycles. The molecule has 2 aromatic carbocycles. The van der Waals surface area contributed by atoms with E-state index in [4.69, 9.17) is 4.74 Å². The van der Waals surface area contributed by atoms with E-state index in [-0.39, 0.29) is 16.8 Å². The Labute approximate surface area is 153 Å². The molecule has 0 saturated carbocycles. The standard InChI is InChI=1S/C19H22N2O4S/c1-13-8-9-14(26(23,24)21(2)3)12-16(13)19(22)20-17-10-11-25-18-7-5-4-6-15(17)18/h4-9,12,17H,10-11H2,1-3H3,(H,20,22)/t17-/m1/s1. The highest BCUT2D eigenvalue weighted by Crippen LogP contribution is 2.32. The summed E-state index contributed by atoms with van der Waals surface area (Å²) in [7, 11) is -0.666. The van der Waals surface area contributed by atoms with Gasteiger partial charge in [-0.3, -0.25) is 4.79 Å². The van der Waals surface area contributed by atoms with Crippen molar-refractivity contribution >= 4 is 15.9 Å². The van der Waals surface area contributed by atoms with E-state index in [9.17, 15) is 13.2 Å². The summed E-state index contributed by atoms with van der Waals surface area (Å²) in [5.41, 5.74) is 2.01. The fourth-order valence-corrected chi connectivity index (χ4v) is 3.87. The fourth-order valence-electron chi connectivity index (χ4n) is 2.95. The van der Waals surface area contributed by atoms with Crippen molar-refractivity contribution in [3.63, 3.8) is 0 Å². The molecule has 6 nitrogen and oxygen atoms in total. The van der Waals surface area contributed by atoms with Crippen molar-refractivity contribution in [1.29, 1.82) is 0 Å². The van der Waals surface area contributed by atoms with Gasteiger partial charge in [-0.15, -0.1) is 0 Å². The number of para-hydroxylation sites is 1. The van der Waals surface area contributed by atoms with Crippen molar-refractivity contribution in [3.8, 4) is 5.75 Å². The van der Waals surface area contributed by atoms with Gasteiger partial charge in [0.25, 0.3) is 5.91 Å². The minimum atomic E-state index is -3.60. The van der Waals surface area contributed by atoms with Crippen molar-refractivity contribution in [1.82, 2.24) is 9.62 Å². The number of carbonyl (C=O) groups is 1. The predicted octanol–water partition coefficient (Wildman–Crippen LogP) is 2.50. The Morgan fingerprint density at radius 1 is 1.19 bits per heavy atom. The number of aryl methyl sites for hydroxylation is 1. The summed E-state index contributed by atoms with van der Waals surface area (Å²) in [6.45, 7) is 2.31. The molecule has 0 unspecified atom stereocenters. The first-order valence-corrected chi connectivity index (χ1v) is 9.80. The Kier molecular flexibility index (Phi) is 5.02. The maximum atomic E-state index is 12.8.